The van der Waals surface area contributed by atoms with Crippen molar-refractivity contribution in [2.24, 2.45) is 7.05 Å². The van der Waals surface area contributed by atoms with Gasteiger partial charge in [0.25, 0.3) is 0 Å². The normalized spacial score (nSPS) is 12.6. The Kier molecular flexibility index (Phi) is 5.61. The van der Waals surface area contributed by atoms with Gasteiger partial charge in [0.1, 0.15) is 5.82 Å². The van der Waals surface area contributed by atoms with E-state index in [0.29, 0.717) is 6.04 Å². The number of nitrogens with one attached hydrogen (secondary N) is 1. The van der Waals surface area contributed by atoms with E-state index in [1.54, 1.807) is 23.9 Å². The first kappa shape index (κ1) is 15.1. The summed E-state index contributed by atoms with van der Waals surface area (Å²) in [5.41, 5.74) is 1.22. The van der Waals surface area contributed by atoms with Crippen LogP contribution in [0.4, 0.5) is 4.39 Å². The van der Waals surface area contributed by atoms with Crippen LogP contribution in [-0.4, -0.2) is 28.1 Å². The largest absolute Gasteiger partial charge is 0.313 e. The standard InChI is InChI=1S/C15H20FN3S/c1-3-17-14(7-12-9-18-19(2)10-12)11-20-15-6-4-5-13(16)8-15/h4-6,8-10,14,17H,3,7,11H2,1-2H3. The fourth-order valence-electron chi connectivity index (χ4n) is 2.09. The zero-order chi connectivity index (χ0) is 14.4. The van der Waals surface area contributed by atoms with E-state index >= 15 is 0 Å². The lowest BCUT2D eigenvalue weighted by molar-refractivity contribution is 0.572. The van der Waals surface area contributed by atoms with E-state index < -0.39 is 0 Å². The van der Waals surface area contributed by atoms with Crippen LogP contribution < -0.4 is 5.32 Å². The maximum absolute atomic E-state index is 13.1. The Morgan fingerprint density at radius 2 is 2.30 bits per heavy atom. The number of hydrogen-bond donors (Lipinski definition) is 1. The molecule has 0 saturated heterocycles. The maximum atomic E-state index is 13.1. The number of benzene rings is 1. The van der Waals surface area contributed by atoms with Crippen molar-refractivity contribution >= 4 is 11.8 Å². The van der Waals surface area contributed by atoms with Gasteiger partial charge in [-0.05, 0) is 36.7 Å². The summed E-state index contributed by atoms with van der Waals surface area (Å²) in [6, 6.07) is 7.11. The van der Waals surface area contributed by atoms with Gasteiger partial charge in [-0.1, -0.05) is 13.0 Å². The summed E-state index contributed by atoms with van der Waals surface area (Å²) < 4.78 is 15.0. The van der Waals surface area contributed by atoms with Gasteiger partial charge in [0.15, 0.2) is 0 Å². The van der Waals surface area contributed by atoms with Gasteiger partial charge in [0.2, 0.25) is 0 Å². The van der Waals surface area contributed by atoms with E-state index in [2.05, 4.69) is 17.3 Å². The van der Waals surface area contributed by atoms with Gasteiger partial charge in [-0.15, -0.1) is 11.8 Å². The summed E-state index contributed by atoms with van der Waals surface area (Å²) in [5.74, 6) is 0.730. The predicted molar refractivity (Wildman–Crippen MR) is 81.5 cm³/mol. The van der Waals surface area contributed by atoms with E-state index in [1.165, 1.54) is 11.6 Å². The second-order valence-electron chi connectivity index (χ2n) is 4.75. The second-order valence-corrected chi connectivity index (χ2v) is 5.84. The van der Waals surface area contributed by atoms with E-state index in [-0.39, 0.29) is 5.82 Å². The predicted octanol–water partition coefficient (Wildman–Crippen LogP) is 2.87. The van der Waals surface area contributed by atoms with Gasteiger partial charge in [-0.25, -0.2) is 4.39 Å². The van der Waals surface area contributed by atoms with Crippen molar-refractivity contribution in [1.82, 2.24) is 15.1 Å². The molecule has 5 heteroatoms. The van der Waals surface area contributed by atoms with Crippen molar-refractivity contribution in [1.29, 1.82) is 0 Å². The van der Waals surface area contributed by atoms with Crippen LogP contribution in [0.2, 0.25) is 0 Å². The molecule has 1 aromatic carbocycles. The Labute approximate surface area is 123 Å². The lowest BCUT2D eigenvalue weighted by atomic mass is 10.1. The Morgan fingerprint density at radius 3 is 2.95 bits per heavy atom. The zero-order valence-corrected chi connectivity index (χ0v) is 12.7. The van der Waals surface area contributed by atoms with Crippen molar-refractivity contribution in [2.75, 3.05) is 12.3 Å². The van der Waals surface area contributed by atoms with Gasteiger partial charge in [-0.2, -0.15) is 5.10 Å². The van der Waals surface area contributed by atoms with Crippen LogP contribution in [0.3, 0.4) is 0 Å². The molecular weight excluding hydrogens is 273 g/mol. The summed E-state index contributed by atoms with van der Waals surface area (Å²) in [5, 5.41) is 7.67. The lowest BCUT2D eigenvalue weighted by Gasteiger charge is -2.16. The molecule has 0 bridgehead atoms. The zero-order valence-electron chi connectivity index (χ0n) is 11.8. The van der Waals surface area contributed by atoms with Gasteiger partial charge in [-0.3, -0.25) is 4.68 Å². The number of rotatable bonds is 7. The highest BCUT2D eigenvalue weighted by molar-refractivity contribution is 7.99. The van der Waals surface area contributed by atoms with Gasteiger partial charge < -0.3 is 5.32 Å². The highest BCUT2D eigenvalue weighted by Gasteiger charge is 2.10. The molecule has 0 radical (unpaired) electrons. The molecule has 1 heterocycles. The van der Waals surface area contributed by atoms with Crippen molar-refractivity contribution < 1.29 is 4.39 Å². The molecule has 20 heavy (non-hydrogen) atoms. The van der Waals surface area contributed by atoms with Gasteiger partial charge in [0.05, 0.1) is 6.20 Å². The molecule has 2 aromatic rings. The Hall–Kier alpha value is -1.33. The molecule has 0 saturated carbocycles. The number of nitrogens with zero attached hydrogens (tertiary/aromatic N) is 2. The second kappa shape index (κ2) is 7.45. The van der Waals surface area contributed by atoms with Crippen LogP contribution in [-0.2, 0) is 13.5 Å². The molecule has 3 nitrogen and oxygen atoms in total. The Morgan fingerprint density at radius 1 is 1.45 bits per heavy atom. The molecule has 0 aliphatic rings. The van der Waals surface area contributed by atoms with Crippen molar-refractivity contribution in [3.63, 3.8) is 0 Å². The molecule has 108 valence electrons. The molecule has 0 amide bonds. The number of halogens is 1. The van der Waals surface area contributed by atoms with Crippen molar-refractivity contribution in [2.45, 2.75) is 24.3 Å². The fourth-order valence-corrected chi connectivity index (χ4v) is 3.09. The minimum Gasteiger partial charge on any atom is -0.313 e. The summed E-state index contributed by atoms with van der Waals surface area (Å²) in [6.45, 7) is 3.03. The summed E-state index contributed by atoms with van der Waals surface area (Å²) in [7, 11) is 1.92. The molecule has 1 unspecified atom stereocenters. The third-order valence-electron chi connectivity index (χ3n) is 2.98. The van der Waals surface area contributed by atoms with Gasteiger partial charge in [0, 0.05) is 29.9 Å². The molecule has 0 aliphatic carbocycles. The SMILES string of the molecule is CCNC(CSc1cccc(F)c1)Cc1cnn(C)c1. The summed E-state index contributed by atoms with van der Waals surface area (Å²) >= 11 is 1.68. The fraction of sp³-hybridized carbons (Fsp3) is 0.400. The van der Waals surface area contributed by atoms with E-state index in [1.807, 2.05) is 30.2 Å². The quantitative estimate of drug-likeness (QED) is 0.796. The molecule has 1 atom stereocenters. The van der Waals surface area contributed by atoms with E-state index in [4.69, 9.17) is 0 Å². The van der Waals surface area contributed by atoms with Crippen molar-refractivity contribution in [3.8, 4) is 0 Å². The van der Waals surface area contributed by atoms with Crippen LogP contribution in [0.25, 0.3) is 0 Å². The average molecular weight is 293 g/mol. The van der Waals surface area contributed by atoms with Crippen LogP contribution in [0.5, 0.6) is 0 Å². The summed E-state index contributed by atoms with van der Waals surface area (Å²) in [6.07, 6.45) is 4.87. The summed E-state index contributed by atoms with van der Waals surface area (Å²) in [4.78, 5) is 0.971. The number of thioether (sulfide) groups is 1. The number of aryl methyl sites for hydroxylation is 1. The van der Waals surface area contributed by atoms with Crippen LogP contribution >= 0.6 is 11.8 Å². The smallest absolute Gasteiger partial charge is 0.124 e. The molecule has 2 rings (SSSR count). The molecule has 0 spiro atoms. The highest BCUT2D eigenvalue weighted by Crippen LogP contribution is 2.20. The average Bonchev–Trinajstić information content (AvgIpc) is 2.82. The first-order chi connectivity index (χ1) is 9.67. The Balaban J connectivity index is 1.91. The minimum absolute atomic E-state index is 0.178. The number of hydrogen-bond acceptors (Lipinski definition) is 3. The van der Waals surface area contributed by atoms with Crippen LogP contribution in [0.1, 0.15) is 12.5 Å². The Bertz CT molecular complexity index is 541. The van der Waals surface area contributed by atoms with E-state index in [0.717, 1.165) is 23.6 Å². The highest BCUT2D eigenvalue weighted by atomic mass is 32.2. The van der Waals surface area contributed by atoms with Crippen LogP contribution in [0, 0.1) is 5.82 Å². The van der Waals surface area contributed by atoms with E-state index in [9.17, 15) is 4.39 Å². The molecule has 0 aliphatic heterocycles. The first-order valence-corrected chi connectivity index (χ1v) is 7.75. The monoisotopic (exact) mass is 293 g/mol. The topological polar surface area (TPSA) is 29.9 Å². The van der Waals surface area contributed by atoms with Crippen LogP contribution in [0.15, 0.2) is 41.6 Å². The van der Waals surface area contributed by atoms with Gasteiger partial charge >= 0.3 is 0 Å². The number of aromatic nitrogens is 2. The first-order valence-electron chi connectivity index (χ1n) is 6.76. The molecule has 1 N–H and O–H groups in total. The third kappa shape index (κ3) is 4.65. The molecule has 0 fully saturated rings. The molecular formula is C15H20FN3S. The minimum atomic E-state index is -0.178. The maximum Gasteiger partial charge on any atom is 0.124 e. The van der Waals surface area contributed by atoms with Crippen molar-refractivity contribution in [3.05, 3.63) is 48.0 Å². The third-order valence-corrected chi connectivity index (χ3v) is 4.14. The number of likely N-dealkylation sites (N-methyl/N-ethyl adjacent to an activating group) is 1. The lowest BCUT2D eigenvalue weighted by Crippen LogP contribution is -2.33. The molecule has 1 aromatic heterocycles.